The smallest absolute Gasteiger partial charge is 0.269 e. The van der Waals surface area contributed by atoms with Crippen LogP contribution in [0.3, 0.4) is 0 Å². The topological polar surface area (TPSA) is 45.6 Å². The van der Waals surface area contributed by atoms with Gasteiger partial charge in [0.1, 0.15) is 11.9 Å². The molecule has 0 spiro atoms. The van der Waals surface area contributed by atoms with Crippen LogP contribution in [0, 0.1) is 5.82 Å². The summed E-state index contributed by atoms with van der Waals surface area (Å²) in [5.74, 6) is -0.320. The molecule has 0 bridgehead atoms. The Morgan fingerprint density at radius 1 is 1.04 bits per heavy atom. The predicted molar refractivity (Wildman–Crippen MR) is 106 cm³/mol. The van der Waals surface area contributed by atoms with E-state index in [1.165, 1.54) is 17.6 Å². The summed E-state index contributed by atoms with van der Waals surface area (Å²) in [6, 6.07) is 13.5. The molecule has 4 rings (SSSR count). The molecule has 1 aromatic heterocycles. The van der Waals surface area contributed by atoms with E-state index >= 15 is 0 Å². The summed E-state index contributed by atoms with van der Waals surface area (Å²) >= 11 is 1.32. The number of halogens is 1. The van der Waals surface area contributed by atoms with E-state index in [9.17, 15) is 14.0 Å². The van der Waals surface area contributed by atoms with Crippen molar-refractivity contribution < 1.29 is 9.18 Å². The van der Waals surface area contributed by atoms with E-state index in [1.807, 2.05) is 29.2 Å². The molecular weight excluding hydrogens is 365 g/mol. The molecule has 1 amide bonds. The second kappa shape index (κ2) is 7.15. The molecule has 0 radical (unpaired) electrons. The molecule has 1 aliphatic heterocycles. The summed E-state index contributed by atoms with van der Waals surface area (Å²) in [4.78, 5) is 29.2. The Kier molecular flexibility index (Phi) is 4.70. The van der Waals surface area contributed by atoms with Crippen molar-refractivity contribution in [3.63, 3.8) is 0 Å². The first-order valence-corrected chi connectivity index (χ1v) is 9.72. The number of benzene rings is 2. The third-order valence-electron chi connectivity index (χ3n) is 5.01. The highest BCUT2D eigenvalue weighted by Crippen LogP contribution is 2.23. The van der Waals surface area contributed by atoms with Crippen LogP contribution in [-0.4, -0.2) is 40.9 Å². The molecule has 27 heavy (non-hydrogen) atoms. The molecule has 1 aliphatic rings. The van der Waals surface area contributed by atoms with Gasteiger partial charge in [-0.15, -0.1) is 0 Å². The van der Waals surface area contributed by atoms with Crippen molar-refractivity contribution in [3.8, 4) is 0 Å². The fraction of sp³-hybridized carbons (Fsp3) is 0.300. The van der Waals surface area contributed by atoms with Gasteiger partial charge in [-0.3, -0.25) is 13.5 Å². The van der Waals surface area contributed by atoms with Crippen LogP contribution >= 0.6 is 11.5 Å². The standard InChI is InChI=1S/C20H20FN3O2S/c1-14(24-20(26)15-6-2-5-9-18(15)27-24)19(25)23-12-10-22(11-13-23)17-8-4-3-7-16(17)21/h2-9,14H,10-13H2,1H3/t14-/m0/s1. The number of rotatable bonds is 3. The number of fused-ring (bicyclic) bond motifs is 1. The Morgan fingerprint density at radius 3 is 2.41 bits per heavy atom. The highest BCUT2D eigenvalue weighted by atomic mass is 32.1. The van der Waals surface area contributed by atoms with E-state index in [0.29, 0.717) is 37.3 Å². The minimum atomic E-state index is -0.546. The summed E-state index contributed by atoms with van der Waals surface area (Å²) < 4.78 is 16.4. The van der Waals surface area contributed by atoms with E-state index in [0.717, 1.165) is 4.70 Å². The summed E-state index contributed by atoms with van der Waals surface area (Å²) in [6.45, 7) is 3.93. The Bertz CT molecular complexity index is 1040. The lowest BCUT2D eigenvalue weighted by Gasteiger charge is -2.37. The Labute approximate surface area is 160 Å². The molecule has 0 N–H and O–H groups in total. The average Bonchev–Trinajstić information content (AvgIpc) is 3.04. The molecule has 1 fully saturated rings. The maximum Gasteiger partial charge on any atom is 0.269 e. The van der Waals surface area contributed by atoms with Crippen LogP contribution in [0.2, 0.25) is 0 Å². The Hall–Kier alpha value is -2.67. The lowest BCUT2D eigenvalue weighted by atomic mass is 10.2. The van der Waals surface area contributed by atoms with Gasteiger partial charge in [0.05, 0.1) is 15.8 Å². The molecular formula is C20H20FN3O2S. The van der Waals surface area contributed by atoms with Crippen LogP contribution in [0.25, 0.3) is 10.1 Å². The number of para-hydroxylation sites is 1. The van der Waals surface area contributed by atoms with Crippen molar-refractivity contribution in [1.29, 1.82) is 0 Å². The second-order valence-corrected chi connectivity index (χ2v) is 7.67. The van der Waals surface area contributed by atoms with Gasteiger partial charge in [0, 0.05) is 26.2 Å². The number of piperazine rings is 1. The number of anilines is 1. The lowest BCUT2D eigenvalue weighted by molar-refractivity contribution is -0.134. The van der Waals surface area contributed by atoms with Gasteiger partial charge in [-0.25, -0.2) is 4.39 Å². The molecule has 140 valence electrons. The first-order chi connectivity index (χ1) is 13.1. The van der Waals surface area contributed by atoms with Gasteiger partial charge in [0.15, 0.2) is 0 Å². The zero-order valence-electron chi connectivity index (χ0n) is 15.0. The van der Waals surface area contributed by atoms with Crippen LogP contribution < -0.4 is 10.5 Å². The van der Waals surface area contributed by atoms with Crippen molar-refractivity contribution in [1.82, 2.24) is 8.86 Å². The highest BCUT2D eigenvalue weighted by Gasteiger charge is 2.28. The minimum absolute atomic E-state index is 0.0724. The van der Waals surface area contributed by atoms with Gasteiger partial charge in [0.25, 0.3) is 5.56 Å². The third kappa shape index (κ3) is 3.23. The van der Waals surface area contributed by atoms with Crippen molar-refractivity contribution in [2.24, 2.45) is 0 Å². The fourth-order valence-corrected chi connectivity index (χ4v) is 4.52. The molecule has 0 saturated carbocycles. The van der Waals surface area contributed by atoms with E-state index in [-0.39, 0.29) is 17.3 Å². The number of carbonyl (C=O) groups is 1. The predicted octanol–water partition coefficient (Wildman–Crippen LogP) is 3.11. The largest absolute Gasteiger partial charge is 0.366 e. The second-order valence-electron chi connectivity index (χ2n) is 6.66. The number of amides is 1. The maximum atomic E-state index is 14.0. The summed E-state index contributed by atoms with van der Waals surface area (Å²) in [5, 5.41) is 0.645. The summed E-state index contributed by atoms with van der Waals surface area (Å²) in [5.41, 5.74) is 0.444. The fourth-order valence-electron chi connectivity index (χ4n) is 3.48. The van der Waals surface area contributed by atoms with Gasteiger partial charge in [-0.1, -0.05) is 35.8 Å². The first-order valence-electron chi connectivity index (χ1n) is 8.95. The molecule has 5 nitrogen and oxygen atoms in total. The van der Waals surface area contributed by atoms with Crippen molar-refractivity contribution in [2.45, 2.75) is 13.0 Å². The summed E-state index contributed by atoms with van der Waals surface area (Å²) in [6.07, 6.45) is 0. The molecule has 3 aromatic rings. The Balaban J connectivity index is 1.48. The van der Waals surface area contributed by atoms with E-state index in [4.69, 9.17) is 0 Å². The van der Waals surface area contributed by atoms with Crippen molar-refractivity contribution >= 4 is 33.2 Å². The van der Waals surface area contributed by atoms with Gasteiger partial charge < -0.3 is 9.80 Å². The first kappa shape index (κ1) is 17.7. The average molecular weight is 385 g/mol. The summed E-state index contributed by atoms with van der Waals surface area (Å²) in [7, 11) is 0. The van der Waals surface area contributed by atoms with Crippen LogP contribution in [-0.2, 0) is 4.79 Å². The van der Waals surface area contributed by atoms with E-state index in [2.05, 4.69) is 0 Å². The molecule has 1 saturated heterocycles. The maximum absolute atomic E-state index is 14.0. The van der Waals surface area contributed by atoms with Gasteiger partial charge >= 0.3 is 0 Å². The molecule has 0 aliphatic carbocycles. The zero-order chi connectivity index (χ0) is 19.0. The van der Waals surface area contributed by atoms with E-state index < -0.39 is 6.04 Å². The van der Waals surface area contributed by atoms with Crippen LogP contribution in [0.5, 0.6) is 0 Å². The van der Waals surface area contributed by atoms with Crippen LogP contribution in [0.4, 0.5) is 10.1 Å². The molecule has 7 heteroatoms. The number of hydrogen-bond acceptors (Lipinski definition) is 4. The Morgan fingerprint density at radius 2 is 1.70 bits per heavy atom. The highest BCUT2D eigenvalue weighted by molar-refractivity contribution is 7.14. The number of hydrogen-bond donors (Lipinski definition) is 0. The van der Waals surface area contributed by atoms with Crippen LogP contribution in [0.15, 0.2) is 53.3 Å². The molecule has 2 heterocycles. The SMILES string of the molecule is C[C@@H](C(=O)N1CCN(c2ccccc2F)CC1)n1sc2ccccc2c1=O. The monoisotopic (exact) mass is 385 g/mol. The number of nitrogens with zero attached hydrogens (tertiary/aromatic N) is 3. The number of aromatic nitrogens is 1. The van der Waals surface area contributed by atoms with Crippen LogP contribution in [0.1, 0.15) is 13.0 Å². The zero-order valence-corrected chi connectivity index (χ0v) is 15.8. The number of carbonyl (C=O) groups excluding carboxylic acids is 1. The normalized spacial score (nSPS) is 15.9. The van der Waals surface area contributed by atoms with Gasteiger partial charge in [-0.2, -0.15) is 0 Å². The quantitative estimate of drug-likeness (QED) is 0.696. The van der Waals surface area contributed by atoms with Crippen molar-refractivity contribution in [2.75, 3.05) is 31.1 Å². The minimum Gasteiger partial charge on any atom is -0.366 e. The van der Waals surface area contributed by atoms with Crippen molar-refractivity contribution in [3.05, 3.63) is 64.7 Å². The van der Waals surface area contributed by atoms with Gasteiger partial charge in [-0.05, 0) is 31.2 Å². The molecule has 1 atom stereocenters. The molecule has 2 aromatic carbocycles. The van der Waals surface area contributed by atoms with E-state index in [1.54, 1.807) is 34.0 Å². The molecule has 0 unspecified atom stereocenters. The third-order valence-corrected chi connectivity index (χ3v) is 6.24. The van der Waals surface area contributed by atoms with Gasteiger partial charge in [0.2, 0.25) is 5.91 Å². The lowest BCUT2D eigenvalue weighted by Crippen LogP contribution is -2.50.